The molecule has 2 unspecified atom stereocenters. The molecule has 2 atom stereocenters. The third-order valence-electron chi connectivity index (χ3n) is 4.43. The van der Waals surface area contributed by atoms with Gasteiger partial charge in [0.1, 0.15) is 0 Å². The monoisotopic (exact) mass is 287 g/mol. The molecule has 0 aromatic carbocycles. The molecule has 0 bridgehead atoms. The quantitative estimate of drug-likeness (QED) is 0.919. The summed E-state index contributed by atoms with van der Waals surface area (Å²) in [6.45, 7) is 5.31. The Morgan fingerprint density at radius 3 is 2.95 bits per heavy atom. The summed E-state index contributed by atoms with van der Waals surface area (Å²) in [7, 11) is 2.00. The predicted octanol–water partition coefficient (Wildman–Crippen LogP) is 2.62. The van der Waals surface area contributed by atoms with Crippen LogP contribution in [0.5, 0.6) is 0 Å². The molecule has 1 saturated carbocycles. The van der Waals surface area contributed by atoms with Gasteiger partial charge in [0.2, 0.25) is 0 Å². The Balaban J connectivity index is 1.67. The first-order valence-electron chi connectivity index (χ1n) is 7.88. The molecule has 3 rings (SSSR count). The highest BCUT2D eigenvalue weighted by atomic mass is 15.3. The molecule has 21 heavy (non-hydrogen) atoms. The van der Waals surface area contributed by atoms with Crippen molar-refractivity contribution in [2.75, 3.05) is 0 Å². The normalized spacial score (nSPS) is 22.3. The Bertz CT molecular complexity index is 570. The second-order valence-electron chi connectivity index (χ2n) is 6.36. The number of nitrogens with one attached hydrogen (secondary N) is 1. The van der Waals surface area contributed by atoms with E-state index in [0.29, 0.717) is 18.0 Å². The fraction of sp³-hybridized carbons (Fsp3) is 0.625. The van der Waals surface area contributed by atoms with Crippen molar-refractivity contribution in [2.45, 2.75) is 57.7 Å². The second kappa shape index (κ2) is 6.02. The van der Waals surface area contributed by atoms with E-state index in [1.165, 1.54) is 30.5 Å². The molecule has 1 aliphatic carbocycles. The van der Waals surface area contributed by atoms with Crippen LogP contribution in [0.4, 0.5) is 0 Å². The molecule has 1 fully saturated rings. The van der Waals surface area contributed by atoms with Crippen molar-refractivity contribution >= 4 is 0 Å². The summed E-state index contributed by atoms with van der Waals surface area (Å²) in [4.78, 5) is 4.18. The molecule has 0 spiro atoms. The largest absolute Gasteiger partial charge is 0.333 e. The number of nitrogens with zero attached hydrogens (tertiary/aromatic N) is 4. The summed E-state index contributed by atoms with van der Waals surface area (Å²) >= 11 is 0. The first-order chi connectivity index (χ1) is 10.1. The van der Waals surface area contributed by atoms with Crippen molar-refractivity contribution in [2.24, 2.45) is 7.05 Å². The minimum absolute atomic E-state index is 0.469. The van der Waals surface area contributed by atoms with Crippen LogP contribution >= 0.6 is 0 Å². The number of hydrogen-bond donors (Lipinski definition) is 1. The van der Waals surface area contributed by atoms with Crippen molar-refractivity contribution in [3.63, 3.8) is 0 Å². The summed E-state index contributed by atoms with van der Waals surface area (Å²) in [6, 6.07) is 1.06. The maximum absolute atomic E-state index is 4.59. The van der Waals surface area contributed by atoms with Gasteiger partial charge in [-0.3, -0.25) is 4.68 Å². The molecule has 0 saturated heterocycles. The zero-order chi connectivity index (χ0) is 14.8. The van der Waals surface area contributed by atoms with Crippen molar-refractivity contribution in [3.05, 3.63) is 36.2 Å². The van der Waals surface area contributed by atoms with E-state index in [0.717, 1.165) is 6.54 Å². The van der Waals surface area contributed by atoms with Gasteiger partial charge in [0, 0.05) is 49.8 Å². The second-order valence-corrected chi connectivity index (χ2v) is 6.36. The average molecular weight is 287 g/mol. The van der Waals surface area contributed by atoms with E-state index in [9.17, 15) is 0 Å². The fourth-order valence-electron chi connectivity index (χ4n) is 3.42. The van der Waals surface area contributed by atoms with Gasteiger partial charge in [-0.15, -0.1) is 0 Å². The first kappa shape index (κ1) is 14.3. The number of rotatable bonds is 5. The van der Waals surface area contributed by atoms with Crippen LogP contribution in [0.3, 0.4) is 0 Å². The molecule has 0 aliphatic heterocycles. The van der Waals surface area contributed by atoms with Crippen LogP contribution in [0.15, 0.2) is 24.9 Å². The highest BCUT2D eigenvalue weighted by molar-refractivity contribution is 5.20. The Morgan fingerprint density at radius 2 is 2.24 bits per heavy atom. The molecule has 2 aromatic heterocycles. The Labute approximate surface area is 126 Å². The summed E-state index contributed by atoms with van der Waals surface area (Å²) in [5.74, 6) is 0.469. The van der Waals surface area contributed by atoms with E-state index in [4.69, 9.17) is 0 Å². The topological polar surface area (TPSA) is 47.7 Å². The van der Waals surface area contributed by atoms with Gasteiger partial charge in [-0.25, -0.2) is 4.98 Å². The standard InChI is InChI=1S/C16H25N5/c1-12(2)16-13(10-20(3)19-16)9-18-14-5-4-6-15(14)21-8-7-17-11-21/h7-8,10-12,14-15,18H,4-6,9H2,1-3H3. The lowest BCUT2D eigenvalue weighted by molar-refractivity contribution is 0.390. The van der Waals surface area contributed by atoms with Crippen LogP contribution < -0.4 is 5.32 Å². The molecule has 0 radical (unpaired) electrons. The fourth-order valence-corrected chi connectivity index (χ4v) is 3.42. The molecular weight excluding hydrogens is 262 g/mol. The zero-order valence-corrected chi connectivity index (χ0v) is 13.2. The van der Waals surface area contributed by atoms with Gasteiger partial charge in [0.25, 0.3) is 0 Å². The third kappa shape index (κ3) is 3.02. The summed E-state index contributed by atoms with van der Waals surface area (Å²) < 4.78 is 4.17. The van der Waals surface area contributed by atoms with E-state index < -0.39 is 0 Å². The minimum atomic E-state index is 0.469. The van der Waals surface area contributed by atoms with Crippen LogP contribution in [0.25, 0.3) is 0 Å². The summed E-state index contributed by atoms with van der Waals surface area (Å²) in [6.07, 6.45) is 11.8. The van der Waals surface area contributed by atoms with E-state index in [1.807, 2.05) is 24.3 Å². The van der Waals surface area contributed by atoms with E-state index in [2.05, 4.69) is 46.2 Å². The number of imidazole rings is 1. The summed E-state index contributed by atoms with van der Waals surface area (Å²) in [5, 5.41) is 8.33. The van der Waals surface area contributed by atoms with Gasteiger partial charge in [-0.05, 0) is 25.2 Å². The van der Waals surface area contributed by atoms with E-state index in [1.54, 1.807) is 0 Å². The molecule has 1 aliphatic rings. The molecule has 114 valence electrons. The molecule has 5 heteroatoms. The minimum Gasteiger partial charge on any atom is -0.333 e. The Hall–Kier alpha value is -1.62. The van der Waals surface area contributed by atoms with E-state index in [-0.39, 0.29) is 0 Å². The lowest BCUT2D eigenvalue weighted by atomic mass is 10.1. The van der Waals surface area contributed by atoms with Crippen LogP contribution in [0.2, 0.25) is 0 Å². The average Bonchev–Trinajstić information content (AvgIpc) is 3.16. The van der Waals surface area contributed by atoms with Gasteiger partial charge in [-0.2, -0.15) is 5.10 Å². The van der Waals surface area contributed by atoms with Crippen molar-refractivity contribution in [1.29, 1.82) is 0 Å². The number of aromatic nitrogens is 4. The Morgan fingerprint density at radius 1 is 1.38 bits per heavy atom. The lowest BCUT2D eigenvalue weighted by Gasteiger charge is -2.22. The van der Waals surface area contributed by atoms with Gasteiger partial charge in [0.05, 0.1) is 12.0 Å². The SMILES string of the molecule is CC(C)c1nn(C)cc1CNC1CCCC1n1ccnc1. The van der Waals surface area contributed by atoms with E-state index >= 15 is 0 Å². The molecule has 1 N–H and O–H groups in total. The third-order valence-corrected chi connectivity index (χ3v) is 4.43. The highest BCUT2D eigenvalue weighted by Gasteiger charge is 2.28. The molecule has 2 heterocycles. The first-order valence-corrected chi connectivity index (χ1v) is 7.88. The maximum Gasteiger partial charge on any atom is 0.0949 e. The van der Waals surface area contributed by atoms with Crippen LogP contribution in [0, 0.1) is 0 Å². The van der Waals surface area contributed by atoms with Crippen LogP contribution in [0.1, 0.15) is 56.3 Å². The van der Waals surface area contributed by atoms with Gasteiger partial charge >= 0.3 is 0 Å². The van der Waals surface area contributed by atoms with Crippen molar-refractivity contribution in [3.8, 4) is 0 Å². The molecule has 0 amide bonds. The zero-order valence-electron chi connectivity index (χ0n) is 13.2. The summed E-state index contributed by atoms with van der Waals surface area (Å²) in [5.41, 5.74) is 2.53. The Kier molecular flexibility index (Phi) is 4.10. The number of aryl methyl sites for hydroxylation is 1. The maximum atomic E-state index is 4.59. The van der Waals surface area contributed by atoms with Crippen molar-refractivity contribution in [1.82, 2.24) is 24.6 Å². The highest BCUT2D eigenvalue weighted by Crippen LogP contribution is 2.30. The smallest absolute Gasteiger partial charge is 0.0949 e. The lowest BCUT2D eigenvalue weighted by Crippen LogP contribution is -2.33. The van der Waals surface area contributed by atoms with Crippen molar-refractivity contribution < 1.29 is 0 Å². The number of hydrogen-bond acceptors (Lipinski definition) is 3. The van der Waals surface area contributed by atoms with Crippen LogP contribution in [-0.2, 0) is 13.6 Å². The van der Waals surface area contributed by atoms with Crippen LogP contribution in [-0.4, -0.2) is 25.4 Å². The molecular formula is C16H25N5. The van der Waals surface area contributed by atoms with Gasteiger partial charge < -0.3 is 9.88 Å². The molecule has 5 nitrogen and oxygen atoms in total. The van der Waals surface area contributed by atoms with Gasteiger partial charge in [-0.1, -0.05) is 13.8 Å². The molecule has 2 aromatic rings. The van der Waals surface area contributed by atoms with Gasteiger partial charge in [0.15, 0.2) is 0 Å². The predicted molar refractivity (Wildman–Crippen MR) is 83.0 cm³/mol.